The third-order valence-electron chi connectivity index (χ3n) is 4.35. The molecule has 4 fully saturated rings. The van der Waals surface area contributed by atoms with Crippen LogP contribution in [0.4, 0.5) is 0 Å². The van der Waals surface area contributed by atoms with Gasteiger partial charge in [0, 0.05) is 0 Å². The zero-order valence-corrected chi connectivity index (χ0v) is 8.61. The van der Waals surface area contributed by atoms with E-state index in [0.717, 1.165) is 0 Å². The van der Waals surface area contributed by atoms with Crippen molar-refractivity contribution in [2.24, 2.45) is 11.8 Å². The van der Waals surface area contributed by atoms with E-state index in [1.165, 1.54) is 41.8 Å². The second-order valence-electron chi connectivity index (χ2n) is 6.12. The minimum Gasteiger partial charge on any atom is -0.392 e. The minimum atomic E-state index is 0.0118. The smallest absolute Gasteiger partial charge is 0.207 e. The summed E-state index contributed by atoms with van der Waals surface area (Å²) >= 11 is 0. The van der Waals surface area contributed by atoms with Crippen molar-refractivity contribution in [3.05, 3.63) is 0 Å². The Labute approximate surface area is 79.7 Å². The molecule has 74 valence electrons. The standard InChI is InChI=1S/C10H20N2O/c1-11-3-8-5-12(2,7-11)6-9(4-11)10(8)13/h8-10,13H,3-7H2,1-2H3/q+2. The minimum absolute atomic E-state index is 0.0118. The maximum Gasteiger partial charge on any atom is 0.207 e. The fraction of sp³-hybridized carbons (Fsp3) is 1.00. The molecule has 0 aromatic carbocycles. The fourth-order valence-electron chi connectivity index (χ4n) is 4.40. The van der Waals surface area contributed by atoms with Gasteiger partial charge in [0.05, 0.1) is 58.2 Å². The van der Waals surface area contributed by atoms with Gasteiger partial charge >= 0.3 is 0 Å². The molecule has 0 aromatic rings. The van der Waals surface area contributed by atoms with Gasteiger partial charge in [-0.2, -0.15) is 0 Å². The van der Waals surface area contributed by atoms with Gasteiger partial charge in [0.15, 0.2) is 0 Å². The summed E-state index contributed by atoms with van der Waals surface area (Å²) in [5.41, 5.74) is 0. The zero-order valence-electron chi connectivity index (χ0n) is 8.61. The summed E-state index contributed by atoms with van der Waals surface area (Å²) in [7, 11) is 4.72. The first-order valence-corrected chi connectivity index (χ1v) is 5.35. The first-order chi connectivity index (χ1) is 6.00. The molecule has 3 nitrogen and oxygen atoms in total. The molecule has 0 amide bonds. The molecule has 4 aliphatic rings. The summed E-state index contributed by atoms with van der Waals surface area (Å²) in [6.07, 6.45) is 0.0118. The van der Waals surface area contributed by atoms with Crippen LogP contribution < -0.4 is 0 Å². The van der Waals surface area contributed by atoms with Crippen LogP contribution in [0, 0.1) is 11.8 Å². The second kappa shape index (κ2) is 2.10. The van der Waals surface area contributed by atoms with E-state index in [0.29, 0.717) is 11.8 Å². The van der Waals surface area contributed by atoms with Crippen molar-refractivity contribution in [2.45, 2.75) is 6.10 Å². The first-order valence-electron chi connectivity index (χ1n) is 5.35. The van der Waals surface area contributed by atoms with E-state index in [-0.39, 0.29) is 6.10 Å². The number of piperidine rings is 2. The number of quaternary nitrogens is 2. The molecule has 4 bridgehead atoms. The number of rotatable bonds is 0. The number of nitrogens with zero attached hydrogens (tertiary/aromatic N) is 2. The maximum absolute atomic E-state index is 10.0. The van der Waals surface area contributed by atoms with Gasteiger partial charge in [-0.05, 0) is 0 Å². The van der Waals surface area contributed by atoms with Gasteiger partial charge in [-0.3, -0.25) is 8.97 Å². The van der Waals surface area contributed by atoms with Crippen molar-refractivity contribution in [3.8, 4) is 0 Å². The Hall–Kier alpha value is -0.120. The number of hydrogen-bond donors (Lipinski definition) is 1. The lowest BCUT2D eigenvalue weighted by atomic mass is 9.77. The average Bonchev–Trinajstić information content (AvgIpc) is 1.94. The van der Waals surface area contributed by atoms with Crippen molar-refractivity contribution < 1.29 is 14.1 Å². The molecular formula is C10H20N2O+2. The molecule has 4 saturated heterocycles. The summed E-state index contributed by atoms with van der Waals surface area (Å²) in [5, 5.41) is 10.0. The predicted octanol–water partition coefficient (Wildman–Crippen LogP) is -0.529. The van der Waals surface area contributed by atoms with E-state index in [1.54, 1.807) is 0 Å². The van der Waals surface area contributed by atoms with Crippen LogP contribution in [0.5, 0.6) is 0 Å². The Bertz CT molecular complexity index is 217. The molecule has 0 unspecified atom stereocenters. The van der Waals surface area contributed by atoms with Crippen molar-refractivity contribution in [3.63, 3.8) is 0 Å². The first kappa shape index (κ1) is 8.21. The van der Waals surface area contributed by atoms with E-state index in [9.17, 15) is 5.11 Å². The highest BCUT2D eigenvalue weighted by Gasteiger charge is 2.60. The predicted molar refractivity (Wildman–Crippen MR) is 49.7 cm³/mol. The van der Waals surface area contributed by atoms with Crippen LogP contribution >= 0.6 is 0 Å². The number of hydrogen-bond acceptors (Lipinski definition) is 1. The van der Waals surface area contributed by atoms with Crippen molar-refractivity contribution >= 4 is 0 Å². The van der Waals surface area contributed by atoms with Crippen LogP contribution in [0.25, 0.3) is 0 Å². The quantitative estimate of drug-likeness (QED) is 0.502. The molecule has 0 atom stereocenters. The molecular weight excluding hydrogens is 164 g/mol. The Balaban J connectivity index is 1.99. The van der Waals surface area contributed by atoms with E-state index in [2.05, 4.69) is 14.1 Å². The SMILES string of the molecule is C[N+]12CC3C[N+](C)(CC(C1)C3O)C2. The normalized spacial score (nSPS) is 64.4. The van der Waals surface area contributed by atoms with Crippen LogP contribution in [0.3, 0.4) is 0 Å². The molecule has 4 rings (SSSR count). The Morgan fingerprint density at radius 1 is 0.923 bits per heavy atom. The van der Waals surface area contributed by atoms with Crippen molar-refractivity contribution in [1.29, 1.82) is 0 Å². The Kier molecular flexibility index (Phi) is 1.33. The van der Waals surface area contributed by atoms with Crippen LogP contribution in [0.2, 0.25) is 0 Å². The Morgan fingerprint density at radius 3 is 1.69 bits per heavy atom. The molecule has 1 N–H and O–H groups in total. The molecule has 0 radical (unpaired) electrons. The van der Waals surface area contributed by atoms with Gasteiger partial charge in [-0.15, -0.1) is 0 Å². The molecule has 0 saturated carbocycles. The van der Waals surface area contributed by atoms with Crippen LogP contribution in [-0.2, 0) is 0 Å². The monoisotopic (exact) mass is 184 g/mol. The van der Waals surface area contributed by atoms with Gasteiger partial charge in [-0.25, -0.2) is 0 Å². The van der Waals surface area contributed by atoms with Gasteiger partial charge < -0.3 is 5.11 Å². The molecule has 0 aliphatic carbocycles. The third-order valence-corrected chi connectivity index (χ3v) is 4.35. The average molecular weight is 184 g/mol. The summed E-state index contributed by atoms with van der Waals surface area (Å²) < 4.78 is 2.42. The number of aliphatic hydroxyl groups is 1. The molecule has 3 heteroatoms. The highest BCUT2D eigenvalue weighted by Crippen LogP contribution is 2.40. The lowest BCUT2D eigenvalue weighted by molar-refractivity contribution is -1.13. The van der Waals surface area contributed by atoms with Crippen LogP contribution in [-0.4, -0.2) is 67.1 Å². The molecule has 0 aromatic heterocycles. The van der Waals surface area contributed by atoms with Gasteiger partial charge in [0.2, 0.25) is 6.67 Å². The second-order valence-corrected chi connectivity index (χ2v) is 6.12. The highest BCUT2D eigenvalue weighted by molar-refractivity contribution is 4.86. The lowest BCUT2D eigenvalue weighted by Crippen LogP contribution is -2.80. The van der Waals surface area contributed by atoms with Gasteiger partial charge in [-0.1, -0.05) is 0 Å². The van der Waals surface area contributed by atoms with Crippen LogP contribution in [0.1, 0.15) is 0 Å². The zero-order chi connectivity index (χ0) is 9.27. The molecule has 4 heterocycles. The third kappa shape index (κ3) is 1.01. The van der Waals surface area contributed by atoms with Crippen molar-refractivity contribution in [1.82, 2.24) is 0 Å². The maximum atomic E-state index is 10.0. The molecule has 4 aliphatic heterocycles. The van der Waals surface area contributed by atoms with Crippen molar-refractivity contribution in [2.75, 3.05) is 46.9 Å². The lowest BCUT2D eigenvalue weighted by Gasteiger charge is -2.61. The number of aliphatic hydroxyl groups excluding tert-OH is 1. The van der Waals surface area contributed by atoms with E-state index in [4.69, 9.17) is 0 Å². The van der Waals surface area contributed by atoms with E-state index < -0.39 is 0 Å². The van der Waals surface area contributed by atoms with Gasteiger partial charge in [0.25, 0.3) is 0 Å². The summed E-state index contributed by atoms with van der Waals surface area (Å²) in [6.45, 7) is 6.15. The summed E-state index contributed by atoms with van der Waals surface area (Å²) in [6, 6.07) is 0. The molecule has 13 heavy (non-hydrogen) atoms. The summed E-state index contributed by atoms with van der Waals surface area (Å²) in [4.78, 5) is 0. The van der Waals surface area contributed by atoms with E-state index in [1.807, 2.05) is 0 Å². The highest BCUT2D eigenvalue weighted by atomic mass is 16.3. The topological polar surface area (TPSA) is 20.2 Å². The Morgan fingerprint density at radius 2 is 1.31 bits per heavy atom. The molecule has 0 spiro atoms. The summed E-state index contributed by atoms with van der Waals surface area (Å²) in [5.74, 6) is 1.16. The van der Waals surface area contributed by atoms with Gasteiger partial charge in [0.1, 0.15) is 0 Å². The largest absolute Gasteiger partial charge is 0.392 e. The fourth-order valence-corrected chi connectivity index (χ4v) is 4.40. The van der Waals surface area contributed by atoms with E-state index >= 15 is 0 Å². The van der Waals surface area contributed by atoms with Crippen LogP contribution in [0.15, 0.2) is 0 Å².